The van der Waals surface area contributed by atoms with Crippen molar-refractivity contribution in [1.82, 2.24) is 10.2 Å². The minimum absolute atomic E-state index is 0.287. The van der Waals surface area contributed by atoms with E-state index in [0.29, 0.717) is 0 Å². The molecule has 0 atom stereocenters. The number of hydrogen-bond acceptors (Lipinski definition) is 3. The molecule has 0 aromatic carbocycles. The Kier molecular flexibility index (Phi) is 6.06. The molecular weight excluding hydrogens is 264 g/mol. The highest BCUT2D eigenvalue weighted by Gasteiger charge is 2.15. The van der Waals surface area contributed by atoms with Gasteiger partial charge in [0.15, 0.2) is 0 Å². The van der Waals surface area contributed by atoms with E-state index in [4.69, 9.17) is 0 Å². The van der Waals surface area contributed by atoms with E-state index in [-0.39, 0.29) is 5.41 Å². The van der Waals surface area contributed by atoms with E-state index < -0.39 is 0 Å². The fourth-order valence-electron chi connectivity index (χ4n) is 2.68. The van der Waals surface area contributed by atoms with E-state index in [9.17, 15) is 0 Å². The zero-order chi connectivity index (χ0) is 14.4. The van der Waals surface area contributed by atoms with Gasteiger partial charge in [-0.2, -0.15) is 0 Å². The lowest BCUT2D eigenvalue weighted by Crippen LogP contribution is -2.32. The average Bonchev–Trinajstić information content (AvgIpc) is 2.72. The maximum absolute atomic E-state index is 3.60. The fraction of sp³-hybridized carbons (Fsp3) is 0.765. The van der Waals surface area contributed by atoms with Crippen LogP contribution in [0.15, 0.2) is 12.1 Å². The lowest BCUT2D eigenvalue weighted by atomic mass is 9.95. The van der Waals surface area contributed by atoms with Gasteiger partial charge in [-0.1, -0.05) is 33.6 Å². The second-order valence-corrected chi connectivity index (χ2v) is 8.12. The van der Waals surface area contributed by atoms with E-state index in [1.54, 1.807) is 0 Å². The SMILES string of the molecule is CC(C)(C)c1ccc(CNCCN2CCCCCC2)s1. The van der Waals surface area contributed by atoms with Gasteiger partial charge >= 0.3 is 0 Å². The number of rotatable bonds is 5. The van der Waals surface area contributed by atoms with Crippen LogP contribution < -0.4 is 5.32 Å². The van der Waals surface area contributed by atoms with Crippen molar-refractivity contribution in [2.24, 2.45) is 0 Å². The Morgan fingerprint density at radius 1 is 1.10 bits per heavy atom. The molecule has 1 fully saturated rings. The van der Waals surface area contributed by atoms with Crippen molar-refractivity contribution < 1.29 is 0 Å². The second-order valence-electron chi connectivity index (χ2n) is 6.95. The van der Waals surface area contributed by atoms with E-state index in [2.05, 4.69) is 43.1 Å². The minimum Gasteiger partial charge on any atom is -0.311 e. The molecule has 0 aliphatic carbocycles. The van der Waals surface area contributed by atoms with Crippen LogP contribution in [0.3, 0.4) is 0 Å². The zero-order valence-electron chi connectivity index (χ0n) is 13.4. The molecule has 2 nitrogen and oxygen atoms in total. The van der Waals surface area contributed by atoms with Crippen molar-refractivity contribution in [2.45, 2.75) is 58.4 Å². The molecule has 1 saturated heterocycles. The number of hydrogen-bond donors (Lipinski definition) is 1. The number of nitrogens with zero attached hydrogens (tertiary/aromatic N) is 1. The van der Waals surface area contributed by atoms with Crippen molar-refractivity contribution in [3.63, 3.8) is 0 Å². The van der Waals surface area contributed by atoms with Gasteiger partial charge in [0.25, 0.3) is 0 Å². The molecule has 0 amide bonds. The van der Waals surface area contributed by atoms with E-state index in [1.165, 1.54) is 55.1 Å². The molecule has 1 N–H and O–H groups in total. The van der Waals surface area contributed by atoms with E-state index in [1.807, 2.05) is 11.3 Å². The van der Waals surface area contributed by atoms with Crippen molar-refractivity contribution in [3.8, 4) is 0 Å². The lowest BCUT2D eigenvalue weighted by molar-refractivity contribution is 0.284. The number of thiophene rings is 1. The first-order valence-electron chi connectivity index (χ1n) is 8.08. The smallest absolute Gasteiger partial charge is 0.0300 e. The zero-order valence-corrected chi connectivity index (χ0v) is 14.2. The lowest BCUT2D eigenvalue weighted by Gasteiger charge is -2.19. The van der Waals surface area contributed by atoms with Crippen LogP contribution in [-0.4, -0.2) is 31.1 Å². The summed E-state index contributed by atoms with van der Waals surface area (Å²) < 4.78 is 0. The molecule has 0 radical (unpaired) electrons. The maximum Gasteiger partial charge on any atom is 0.0300 e. The Morgan fingerprint density at radius 3 is 2.40 bits per heavy atom. The van der Waals surface area contributed by atoms with Crippen LogP contribution in [0.25, 0.3) is 0 Å². The first kappa shape index (κ1) is 16.0. The van der Waals surface area contributed by atoms with Crippen molar-refractivity contribution >= 4 is 11.3 Å². The molecule has 0 bridgehead atoms. The summed E-state index contributed by atoms with van der Waals surface area (Å²) in [7, 11) is 0. The summed E-state index contributed by atoms with van der Waals surface area (Å²) in [5, 5.41) is 3.60. The maximum atomic E-state index is 3.60. The summed E-state index contributed by atoms with van der Waals surface area (Å²) in [6, 6.07) is 4.57. The molecule has 0 saturated carbocycles. The third kappa shape index (κ3) is 5.19. The van der Waals surface area contributed by atoms with Gasteiger partial charge in [0, 0.05) is 29.4 Å². The summed E-state index contributed by atoms with van der Waals surface area (Å²) in [4.78, 5) is 5.57. The third-order valence-corrected chi connectivity index (χ3v) is 5.51. The molecule has 2 rings (SSSR count). The van der Waals surface area contributed by atoms with Gasteiger partial charge in [-0.05, 0) is 43.5 Å². The van der Waals surface area contributed by atoms with Gasteiger partial charge < -0.3 is 10.2 Å². The van der Waals surface area contributed by atoms with Gasteiger partial charge in [0.05, 0.1) is 0 Å². The molecule has 1 aromatic rings. The highest BCUT2D eigenvalue weighted by molar-refractivity contribution is 7.12. The third-order valence-electron chi connectivity index (χ3n) is 4.00. The topological polar surface area (TPSA) is 15.3 Å². The number of likely N-dealkylation sites (tertiary alicyclic amines) is 1. The van der Waals surface area contributed by atoms with Gasteiger partial charge in [-0.25, -0.2) is 0 Å². The average molecular weight is 295 g/mol. The highest BCUT2D eigenvalue weighted by atomic mass is 32.1. The summed E-state index contributed by atoms with van der Waals surface area (Å²) >= 11 is 1.95. The van der Waals surface area contributed by atoms with Crippen LogP contribution in [0.1, 0.15) is 56.2 Å². The standard InChI is InChI=1S/C17H30N2S/c1-17(2,3)16-9-8-15(20-16)14-18-10-13-19-11-6-4-5-7-12-19/h8-9,18H,4-7,10-14H2,1-3H3. The molecule has 1 aromatic heterocycles. The molecule has 3 heteroatoms. The Bertz CT molecular complexity index is 384. The van der Waals surface area contributed by atoms with E-state index >= 15 is 0 Å². The molecular formula is C17H30N2S. The summed E-state index contributed by atoms with van der Waals surface area (Å²) in [6.45, 7) is 12.8. The second kappa shape index (κ2) is 7.58. The van der Waals surface area contributed by atoms with Crippen molar-refractivity contribution in [3.05, 3.63) is 21.9 Å². The predicted octanol–water partition coefficient (Wildman–Crippen LogP) is 4.01. The van der Waals surface area contributed by atoms with Crippen LogP contribution in [-0.2, 0) is 12.0 Å². The fourth-order valence-corrected chi connectivity index (χ4v) is 3.72. The molecule has 0 unspecified atom stereocenters. The van der Waals surface area contributed by atoms with Crippen LogP contribution in [0.2, 0.25) is 0 Å². The largest absolute Gasteiger partial charge is 0.311 e. The molecule has 2 heterocycles. The van der Waals surface area contributed by atoms with Crippen LogP contribution in [0.5, 0.6) is 0 Å². The summed E-state index contributed by atoms with van der Waals surface area (Å²) in [5.74, 6) is 0. The first-order valence-corrected chi connectivity index (χ1v) is 8.89. The minimum atomic E-state index is 0.287. The molecule has 20 heavy (non-hydrogen) atoms. The van der Waals surface area contributed by atoms with Gasteiger partial charge in [0.2, 0.25) is 0 Å². The van der Waals surface area contributed by atoms with Gasteiger partial charge in [-0.3, -0.25) is 0 Å². The van der Waals surface area contributed by atoms with Crippen molar-refractivity contribution in [2.75, 3.05) is 26.2 Å². The van der Waals surface area contributed by atoms with Crippen LogP contribution >= 0.6 is 11.3 Å². The first-order chi connectivity index (χ1) is 9.55. The van der Waals surface area contributed by atoms with Crippen LogP contribution in [0, 0.1) is 0 Å². The molecule has 1 aliphatic rings. The Labute approximate surface area is 128 Å². The molecule has 1 aliphatic heterocycles. The monoisotopic (exact) mass is 294 g/mol. The van der Waals surface area contributed by atoms with Crippen molar-refractivity contribution in [1.29, 1.82) is 0 Å². The van der Waals surface area contributed by atoms with Gasteiger partial charge in [-0.15, -0.1) is 11.3 Å². The predicted molar refractivity (Wildman–Crippen MR) is 89.6 cm³/mol. The van der Waals surface area contributed by atoms with E-state index in [0.717, 1.165) is 13.1 Å². The Hall–Kier alpha value is -0.380. The quantitative estimate of drug-likeness (QED) is 0.825. The normalized spacial score (nSPS) is 18.1. The Balaban J connectivity index is 1.66. The van der Waals surface area contributed by atoms with Crippen LogP contribution in [0.4, 0.5) is 0 Å². The Morgan fingerprint density at radius 2 is 1.80 bits per heavy atom. The van der Waals surface area contributed by atoms with Gasteiger partial charge in [0.1, 0.15) is 0 Å². The molecule has 114 valence electrons. The summed E-state index contributed by atoms with van der Waals surface area (Å²) in [5.41, 5.74) is 0.287. The number of nitrogens with one attached hydrogen (secondary N) is 1. The highest BCUT2D eigenvalue weighted by Crippen LogP contribution is 2.29. The molecule has 0 spiro atoms. The summed E-state index contributed by atoms with van der Waals surface area (Å²) in [6.07, 6.45) is 5.63.